The molecular weight excluding hydrogens is 212 g/mol. The van der Waals surface area contributed by atoms with Crippen LogP contribution in [0, 0.1) is 0 Å². The van der Waals surface area contributed by atoms with Crippen LogP contribution in [0.3, 0.4) is 0 Å². The molecule has 0 aromatic heterocycles. The van der Waals surface area contributed by atoms with E-state index in [4.69, 9.17) is 9.47 Å². The van der Waals surface area contributed by atoms with E-state index in [-0.39, 0.29) is 12.2 Å². The molecule has 86 valence electrons. The first-order chi connectivity index (χ1) is 8.43. The normalized spacial score (nSPS) is 19.6. The summed E-state index contributed by atoms with van der Waals surface area (Å²) in [5, 5.41) is 0. The molecule has 2 aromatic carbocycles. The van der Waals surface area contributed by atoms with Crippen LogP contribution >= 0.6 is 0 Å². The van der Waals surface area contributed by atoms with E-state index in [2.05, 4.69) is 12.1 Å². The van der Waals surface area contributed by atoms with E-state index >= 15 is 0 Å². The Morgan fingerprint density at radius 1 is 0.941 bits per heavy atom. The Labute approximate surface area is 101 Å². The average Bonchev–Trinajstić information content (AvgIpc) is 3.23. The van der Waals surface area contributed by atoms with Gasteiger partial charge in [-0.1, -0.05) is 48.5 Å². The van der Waals surface area contributed by atoms with E-state index in [9.17, 15) is 0 Å². The summed E-state index contributed by atoms with van der Waals surface area (Å²) in [6, 6.07) is 20.1. The minimum absolute atomic E-state index is 0.00130. The third-order valence-electron chi connectivity index (χ3n) is 2.83. The number of hydrogen-bond donors (Lipinski definition) is 0. The van der Waals surface area contributed by atoms with E-state index in [1.165, 1.54) is 5.56 Å². The van der Waals surface area contributed by atoms with Gasteiger partial charge >= 0.3 is 0 Å². The fourth-order valence-corrected chi connectivity index (χ4v) is 1.88. The van der Waals surface area contributed by atoms with Crippen molar-refractivity contribution in [2.75, 3.05) is 6.61 Å². The number of para-hydroxylation sites is 1. The summed E-state index contributed by atoms with van der Waals surface area (Å²) in [5.74, 6) is 0.886. The molecule has 3 rings (SSSR count). The first-order valence-corrected chi connectivity index (χ1v) is 5.82. The third kappa shape index (κ3) is 2.48. The van der Waals surface area contributed by atoms with Crippen LogP contribution in [0.25, 0.3) is 0 Å². The van der Waals surface area contributed by atoms with Gasteiger partial charge in [0.25, 0.3) is 0 Å². The van der Waals surface area contributed by atoms with Gasteiger partial charge in [0.1, 0.15) is 11.9 Å². The van der Waals surface area contributed by atoms with Crippen molar-refractivity contribution in [3.8, 4) is 5.75 Å². The molecule has 1 fully saturated rings. The van der Waals surface area contributed by atoms with Crippen LogP contribution in [0.4, 0.5) is 0 Å². The second kappa shape index (κ2) is 4.60. The molecule has 2 nitrogen and oxygen atoms in total. The standard InChI is InChI=1S/C15H14O2/c1-3-7-12(8-4-1)15(14-11-16-14)17-13-9-5-2-6-10-13/h1-10,14-15H,11H2/t14-,15-/m0/s1. The van der Waals surface area contributed by atoms with Crippen molar-refractivity contribution >= 4 is 0 Å². The molecule has 0 radical (unpaired) electrons. The van der Waals surface area contributed by atoms with Crippen LogP contribution in [0.1, 0.15) is 11.7 Å². The van der Waals surface area contributed by atoms with E-state index in [1.807, 2.05) is 48.5 Å². The van der Waals surface area contributed by atoms with Crippen molar-refractivity contribution < 1.29 is 9.47 Å². The molecule has 0 aliphatic carbocycles. The smallest absolute Gasteiger partial charge is 0.152 e. The highest BCUT2D eigenvalue weighted by Crippen LogP contribution is 2.32. The van der Waals surface area contributed by atoms with Gasteiger partial charge in [0.05, 0.1) is 6.61 Å². The highest BCUT2D eigenvalue weighted by Gasteiger charge is 2.35. The maximum atomic E-state index is 6.00. The molecule has 0 unspecified atom stereocenters. The molecule has 0 bridgehead atoms. The maximum Gasteiger partial charge on any atom is 0.152 e. The van der Waals surface area contributed by atoms with Gasteiger partial charge in [-0.15, -0.1) is 0 Å². The topological polar surface area (TPSA) is 21.8 Å². The molecule has 1 aliphatic heterocycles. The van der Waals surface area contributed by atoms with Gasteiger partial charge in [0.2, 0.25) is 0 Å². The molecule has 2 aromatic rings. The number of epoxide rings is 1. The van der Waals surface area contributed by atoms with Gasteiger partial charge in [0.15, 0.2) is 6.10 Å². The van der Waals surface area contributed by atoms with Gasteiger partial charge in [0, 0.05) is 0 Å². The van der Waals surface area contributed by atoms with Crippen molar-refractivity contribution in [2.24, 2.45) is 0 Å². The van der Waals surface area contributed by atoms with Crippen molar-refractivity contribution in [3.63, 3.8) is 0 Å². The monoisotopic (exact) mass is 226 g/mol. The molecule has 2 atom stereocenters. The fourth-order valence-electron chi connectivity index (χ4n) is 1.88. The maximum absolute atomic E-state index is 6.00. The van der Waals surface area contributed by atoms with Gasteiger partial charge in [-0.05, 0) is 17.7 Å². The van der Waals surface area contributed by atoms with Crippen molar-refractivity contribution in [2.45, 2.75) is 12.2 Å². The molecule has 0 N–H and O–H groups in total. The Morgan fingerprint density at radius 3 is 2.12 bits per heavy atom. The van der Waals surface area contributed by atoms with E-state index < -0.39 is 0 Å². The largest absolute Gasteiger partial charge is 0.483 e. The van der Waals surface area contributed by atoms with Gasteiger partial charge in [-0.2, -0.15) is 0 Å². The summed E-state index contributed by atoms with van der Waals surface area (Å²) in [6.45, 7) is 0.784. The minimum atomic E-state index is -0.00130. The minimum Gasteiger partial charge on any atom is -0.483 e. The van der Waals surface area contributed by atoms with Crippen molar-refractivity contribution in [1.29, 1.82) is 0 Å². The van der Waals surface area contributed by atoms with Crippen LogP contribution in [0.2, 0.25) is 0 Å². The first kappa shape index (κ1) is 10.4. The zero-order valence-corrected chi connectivity index (χ0v) is 9.45. The lowest BCUT2D eigenvalue weighted by molar-refractivity contribution is 0.161. The lowest BCUT2D eigenvalue weighted by Crippen LogP contribution is -2.13. The summed E-state index contributed by atoms with van der Waals surface area (Å²) in [5.41, 5.74) is 1.17. The molecule has 17 heavy (non-hydrogen) atoms. The molecule has 2 heteroatoms. The van der Waals surface area contributed by atoms with Gasteiger partial charge in [-0.3, -0.25) is 0 Å². The molecule has 0 saturated carbocycles. The Kier molecular flexibility index (Phi) is 2.80. The van der Waals surface area contributed by atoms with E-state index in [0.29, 0.717) is 0 Å². The molecule has 0 spiro atoms. The quantitative estimate of drug-likeness (QED) is 0.747. The Balaban J connectivity index is 1.82. The SMILES string of the molecule is c1ccc(O[C@@H](c2ccccc2)[C@@H]2CO2)cc1. The summed E-state index contributed by atoms with van der Waals surface area (Å²) in [4.78, 5) is 0. The van der Waals surface area contributed by atoms with Crippen LogP contribution < -0.4 is 4.74 Å². The van der Waals surface area contributed by atoms with Gasteiger partial charge < -0.3 is 9.47 Å². The first-order valence-electron chi connectivity index (χ1n) is 5.82. The number of benzene rings is 2. The number of rotatable bonds is 4. The zero-order chi connectivity index (χ0) is 11.5. The Morgan fingerprint density at radius 2 is 1.53 bits per heavy atom. The second-order valence-corrected chi connectivity index (χ2v) is 4.13. The highest BCUT2D eigenvalue weighted by atomic mass is 16.6. The third-order valence-corrected chi connectivity index (χ3v) is 2.83. The van der Waals surface area contributed by atoms with Gasteiger partial charge in [-0.25, -0.2) is 0 Å². The zero-order valence-electron chi connectivity index (χ0n) is 9.45. The summed E-state index contributed by atoms with van der Waals surface area (Å²) in [7, 11) is 0. The van der Waals surface area contributed by atoms with Crippen molar-refractivity contribution in [1.82, 2.24) is 0 Å². The molecule has 1 heterocycles. The summed E-state index contributed by atoms with van der Waals surface area (Å²) in [6.07, 6.45) is 0.191. The lowest BCUT2D eigenvalue weighted by Gasteiger charge is -2.17. The van der Waals surface area contributed by atoms with Crippen molar-refractivity contribution in [3.05, 3.63) is 66.2 Å². The molecule has 1 saturated heterocycles. The van der Waals surface area contributed by atoms with E-state index in [1.54, 1.807) is 0 Å². The predicted octanol–water partition coefficient (Wildman–Crippen LogP) is 3.21. The lowest BCUT2D eigenvalue weighted by atomic mass is 10.1. The van der Waals surface area contributed by atoms with E-state index in [0.717, 1.165) is 12.4 Å². The highest BCUT2D eigenvalue weighted by molar-refractivity contribution is 5.25. The molecule has 0 amide bonds. The van der Waals surface area contributed by atoms with Crippen LogP contribution in [-0.4, -0.2) is 12.7 Å². The number of hydrogen-bond acceptors (Lipinski definition) is 2. The van der Waals surface area contributed by atoms with Crippen LogP contribution in [0.15, 0.2) is 60.7 Å². The molecule has 1 aliphatic rings. The summed E-state index contributed by atoms with van der Waals surface area (Å²) >= 11 is 0. The fraction of sp³-hybridized carbons (Fsp3) is 0.200. The second-order valence-electron chi connectivity index (χ2n) is 4.13. The summed E-state index contributed by atoms with van der Waals surface area (Å²) < 4.78 is 11.4. The predicted molar refractivity (Wildman–Crippen MR) is 66.0 cm³/mol. The molecular formula is C15H14O2. The van der Waals surface area contributed by atoms with Crippen LogP contribution in [-0.2, 0) is 4.74 Å². The Hall–Kier alpha value is -1.80. The number of ether oxygens (including phenoxy) is 2. The Bertz CT molecular complexity index is 463. The van der Waals surface area contributed by atoms with Crippen LogP contribution in [0.5, 0.6) is 5.75 Å². The average molecular weight is 226 g/mol.